The SMILES string of the molecule is C=CNCC(=C)Nc1ccc(CC)cc1. The second kappa shape index (κ2) is 5.91. The van der Waals surface area contributed by atoms with E-state index in [1.54, 1.807) is 6.20 Å². The first-order valence-corrected chi connectivity index (χ1v) is 5.14. The van der Waals surface area contributed by atoms with Crippen molar-refractivity contribution in [2.75, 3.05) is 11.9 Å². The zero-order valence-electron chi connectivity index (χ0n) is 9.22. The van der Waals surface area contributed by atoms with Crippen LogP contribution in [0.2, 0.25) is 0 Å². The van der Waals surface area contributed by atoms with Crippen LogP contribution < -0.4 is 10.6 Å². The van der Waals surface area contributed by atoms with E-state index < -0.39 is 0 Å². The lowest BCUT2D eigenvalue weighted by Gasteiger charge is -2.09. The summed E-state index contributed by atoms with van der Waals surface area (Å²) in [6, 6.07) is 8.38. The maximum Gasteiger partial charge on any atom is 0.0539 e. The zero-order valence-corrected chi connectivity index (χ0v) is 9.22. The standard InChI is InChI=1S/C13H18N2/c1-4-12-6-8-13(9-7-12)15-11(3)10-14-5-2/h5-9,14-15H,2-4,10H2,1H3. The molecule has 2 N–H and O–H groups in total. The lowest BCUT2D eigenvalue weighted by Crippen LogP contribution is -2.13. The lowest BCUT2D eigenvalue weighted by atomic mass is 10.1. The van der Waals surface area contributed by atoms with Crippen LogP contribution in [0.15, 0.2) is 49.3 Å². The highest BCUT2D eigenvalue weighted by Gasteiger charge is 1.94. The van der Waals surface area contributed by atoms with Crippen molar-refractivity contribution in [1.82, 2.24) is 5.32 Å². The van der Waals surface area contributed by atoms with Crippen molar-refractivity contribution in [1.29, 1.82) is 0 Å². The third kappa shape index (κ3) is 3.90. The number of benzene rings is 1. The molecule has 0 bridgehead atoms. The van der Waals surface area contributed by atoms with Crippen LogP contribution in [-0.4, -0.2) is 6.54 Å². The summed E-state index contributed by atoms with van der Waals surface area (Å²) in [7, 11) is 0. The number of hydrogen-bond donors (Lipinski definition) is 2. The van der Waals surface area contributed by atoms with Crippen molar-refractivity contribution >= 4 is 5.69 Å². The van der Waals surface area contributed by atoms with Crippen molar-refractivity contribution in [2.24, 2.45) is 0 Å². The van der Waals surface area contributed by atoms with Crippen molar-refractivity contribution in [3.05, 3.63) is 54.9 Å². The van der Waals surface area contributed by atoms with Crippen molar-refractivity contribution in [3.63, 3.8) is 0 Å². The predicted molar refractivity (Wildman–Crippen MR) is 66.8 cm³/mol. The Bertz CT molecular complexity index is 325. The van der Waals surface area contributed by atoms with Crippen molar-refractivity contribution < 1.29 is 0 Å². The molecule has 0 aliphatic heterocycles. The van der Waals surface area contributed by atoms with Crippen LogP contribution in [-0.2, 0) is 6.42 Å². The highest BCUT2D eigenvalue weighted by Crippen LogP contribution is 2.11. The van der Waals surface area contributed by atoms with Gasteiger partial charge in [0, 0.05) is 11.4 Å². The Labute approximate surface area is 91.7 Å². The second-order valence-electron chi connectivity index (χ2n) is 3.36. The molecule has 0 spiro atoms. The van der Waals surface area contributed by atoms with Crippen LogP contribution in [0.25, 0.3) is 0 Å². The van der Waals surface area contributed by atoms with Gasteiger partial charge in [-0.2, -0.15) is 0 Å². The molecule has 1 aromatic carbocycles. The van der Waals surface area contributed by atoms with Gasteiger partial charge in [0.05, 0.1) is 6.54 Å². The molecular weight excluding hydrogens is 184 g/mol. The fraction of sp³-hybridized carbons (Fsp3) is 0.231. The quantitative estimate of drug-likeness (QED) is 0.741. The fourth-order valence-corrected chi connectivity index (χ4v) is 1.27. The molecule has 0 saturated heterocycles. The van der Waals surface area contributed by atoms with Gasteiger partial charge in [0.2, 0.25) is 0 Å². The summed E-state index contributed by atoms with van der Waals surface area (Å²) in [5, 5.41) is 6.22. The molecule has 0 fully saturated rings. The van der Waals surface area contributed by atoms with E-state index in [-0.39, 0.29) is 0 Å². The van der Waals surface area contributed by atoms with Crippen LogP contribution in [0.5, 0.6) is 0 Å². The molecule has 0 heterocycles. The van der Waals surface area contributed by atoms with Crippen LogP contribution in [0.4, 0.5) is 5.69 Å². The first-order valence-electron chi connectivity index (χ1n) is 5.14. The van der Waals surface area contributed by atoms with Crippen LogP contribution in [0.3, 0.4) is 0 Å². The summed E-state index contributed by atoms with van der Waals surface area (Å²) in [6.45, 7) is 10.3. The average Bonchev–Trinajstić information content (AvgIpc) is 2.27. The van der Waals surface area contributed by atoms with E-state index in [0.717, 1.165) is 17.8 Å². The molecule has 0 aromatic heterocycles. The topological polar surface area (TPSA) is 24.1 Å². The molecule has 15 heavy (non-hydrogen) atoms. The van der Waals surface area contributed by atoms with E-state index in [0.29, 0.717) is 6.54 Å². The lowest BCUT2D eigenvalue weighted by molar-refractivity contribution is 0.946. The second-order valence-corrected chi connectivity index (χ2v) is 3.36. The predicted octanol–water partition coefficient (Wildman–Crippen LogP) is 2.91. The highest BCUT2D eigenvalue weighted by atomic mass is 14.9. The molecule has 0 atom stereocenters. The summed E-state index contributed by atoms with van der Waals surface area (Å²) < 4.78 is 0. The minimum absolute atomic E-state index is 0.693. The van der Waals surface area contributed by atoms with E-state index in [9.17, 15) is 0 Å². The number of aryl methyl sites for hydroxylation is 1. The number of hydrogen-bond acceptors (Lipinski definition) is 2. The van der Waals surface area contributed by atoms with Crippen LogP contribution in [0.1, 0.15) is 12.5 Å². The minimum atomic E-state index is 0.693. The minimum Gasteiger partial charge on any atom is -0.386 e. The third-order valence-corrected chi connectivity index (χ3v) is 2.14. The van der Waals surface area contributed by atoms with Gasteiger partial charge in [0.1, 0.15) is 0 Å². The van der Waals surface area contributed by atoms with Gasteiger partial charge < -0.3 is 10.6 Å². The van der Waals surface area contributed by atoms with E-state index in [2.05, 4.69) is 55.0 Å². The van der Waals surface area contributed by atoms with Crippen molar-refractivity contribution in [3.8, 4) is 0 Å². The third-order valence-electron chi connectivity index (χ3n) is 2.14. The molecule has 0 aliphatic carbocycles. The van der Waals surface area contributed by atoms with Gasteiger partial charge in [-0.1, -0.05) is 32.2 Å². The molecule has 80 valence electrons. The Kier molecular flexibility index (Phi) is 4.48. The Morgan fingerprint density at radius 3 is 2.53 bits per heavy atom. The summed E-state index contributed by atoms with van der Waals surface area (Å²) in [4.78, 5) is 0. The first kappa shape index (κ1) is 11.4. The van der Waals surface area contributed by atoms with Gasteiger partial charge in [-0.05, 0) is 30.3 Å². The van der Waals surface area contributed by atoms with Crippen LogP contribution in [0, 0.1) is 0 Å². The number of nitrogens with one attached hydrogen (secondary N) is 2. The van der Waals surface area contributed by atoms with Gasteiger partial charge in [-0.3, -0.25) is 0 Å². The maximum absolute atomic E-state index is 3.91. The number of rotatable bonds is 6. The van der Waals surface area contributed by atoms with E-state index >= 15 is 0 Å². The van der Waals surface area contributed by atoms with Gasteiger partial charge in [0.25, 0.3) is 0 Å². The maximum atomic E-state index is 3.91. The molecular formula is C13H18N2. The molecule has 1 rings (SSSR count). The molecule has 0 unspecified atom stereocenters. The fourth-order valence-electron chi connectivity index (χ4n) is 1.27. The largest absolute Gasteiger partial charge is 0.386 e. The average molecular weight is 202 g/mol. The van der Waals surface area contributed by atoms with Crippen molar-refractivity contribution in [2.45, 2.75) is 13.3 Å². The first-order chi connectivity index (χ1) is 7.26. The molecule has 0 aliphatic rings. The van der Waals surface area contributed by atoms with E-state index in [1.807, 2.05) is 0 Å². The molecule has 0 saturated carbocycles. The van der Waals surface area contributed by atoms with E-state index in [4.69, 9.17) is 0 Å². The zero-order chi connectivity index (χ0) is 11.1. The Morgan fingerprint density at radius 2 is 2.00 bits per heavy atom. The number of anilines is 1. The van der Waals surface area contributed by atoms with Gasteiger partial charge in [-0.15, -0.1) is 0 Å². The summed E-state index contributed by atoms with van der Waals surface area (Å²) in [5.74, 6) is 0. The molecule has 2 heteroatoms. The van der Waals surface area contributed by atoms with Gasteiger partial charge in [-0.25, -0.2) is 0 Å². The summed E-state index contributed by atoms with van der Waals surface area (Å²) >= 11 is 0. The highest BCUT2D eigenvalue weighted by molar-refractivity contribution is 5.49. The van der Waals surface area contributed by atoms with Gasteiger partial charge in [0.15, 0.2) is 0 Å². The molecule has 2 nitrogen and oxygen atoms in total. The monoisotopic (exact) mass is 202 g/mol. The molecule has 0 radical (unpaired) electrons. The summed E-state index contributed by atoms with van der Waals surface area (Å²) in [6.07, 6.45) is 2.73. The molecule has 0 amide bonds. The Balaban J connectivity index is 2.49. The Hall–Kier alpha value is -1.70. The summed E-state index contributed by atoms with van der Waals surface area (Å²) in [5.41, 5.74) is 3.34. The van der Waals surface area contributed by atoms with E-state index in [1.165, 1.54) is 5.56 Å². The van der Waals surface area contributed by atoms with Gasteiger partial charge >= 0.3 is 0 Å². The smallest absolute Gasteiger partial charge is 0.0539 e. The molecule has 1 aromatic rings. The normalized spacial score (nSPS) is 9.40. The van der Waals surface area contributed by atoms with Crippen LogP contribution >= 0.6 is 0 Å². The Morgan fingerprint density at radius 1 is 1.33 bits per heavy atom.